The predicted molar refractivity (Wildman–Crippen MR) is 156 cm³/mol. The molecule has 0 aromatic heterocycles. The summed E-state index contributed by atoms with van der Waals surface area (Å²) in [6.07, 6.45) is 5.14. The first kappa shape index (κ1) is 34.2. The average molecular weight is 588 g/mol. The zero-order valence-electron chi connectivity index (χ0n) is 24.6. The lowest BCUT2D eigenvalue weighted by atomic mass is 10.0. The smallest absolute Gasteiger partial charge is 0.328 e. The maximum absolute atomic E-state index is 13.9. The minimum absolute atomic E-state index is 0.0165. The number of ether oxygens (including phenoxy) is 1. The molecule has 2 aromatic carbocycles. The number of rotatable bonds is 18. The molecule has 11 heteroatoms. The van der Waals surface area contributed by atoms with Crippen molar-refractivity contribution in [3.05, 3.63) is 69.5 Å². The van der Waals surface area contributed by atoms with E-state index in [0.29, 0.717) is 31.4 Å². The van der Waals surface area contributed by atoms with Gasteiger partial charge in [0, 0.05) is 19.0 Å². The molecule has 0 radical (unpaired) electrons. The largest absolute Gasteiger partial charge is 0.508 e. The van der Waals surface area contributed by atoms with E-state index >= 15 is 0 Å². The molecule has 2 aromatic rings. The van der Waals surface area contributed by atoms with Crippen LogP contribution in [0.25, 0.3) is 0 Å². The molecule has 2 atom stereocenters. The van der Waals surface area contributed by atoms with E-state index in [9.17, 15) is 34.0 Å². The molecule has 0 saturated heterocycles. The summed E-state index contributed by atoms with van der Waals surface area (Å²) >= 11 is 0. The van der Waals surface area contributed by atoms with Crippen molar-refractivity contribution in [3.63, 3.8) is 0 Å². The molecule has 0 heterocycles. The quantitative estimate of drug-likeness (QED) is 0.105. The fraction of sp³-hybridized carbons (Fsp3) is 0.516. The van der Waals surface area contributed by atoms with Crippen LogP contribution in [0.2, 0.25) is 0 Å². The number of phenols is 1. The Hall–Kier alpha value is -4.02. The molecule has 2 unspecified atom stereocenters. The molecule has 0 spiro atoms. The van der Waals surface area contributed by atoms with E-state index in [4.69, 9.17) is 4.74 Å². The number of nitro groups is 1. The molecular formula is C31H42FN3O7. The highest BCUT2D eigenvalue weighted by Crippen LogP contribution is 2.21. The molecule has 0 aliphatic heterocycles. The lowest BCUT2D eigenvalue weighted by molar-refractivity contribution is -0.387. The number of nitrogens with one attached hydrogen (secondary N) is 1. The summed E-state index contributed by atoms with van der Waals surface area (Å²) in [7, 11) is 0. The Kier molecular flexibility index (Phi) is 14.4. The number of esters is 1. The first-order chi connectivity index (χ1) is 20.1. The first-order valence-corrected chi connectivity index (χ1v) is 14.6. The summed E-state index contributed by atoms with van der Waals surface area (Å²) in [6.45, 7) is 6.03. The van der Waals surface area contributed by atoms with Crippen LogP contribution < -0.4 is 5.32 Å². The second-order valence-corrected chi connectivity index (χ2v) is 10.2. The summed E-state index contributed by atoms with van der Waals surface area (Å²) in [4.78, 5) is 52.2. The maximum Gasteiger partial charge on any atom is 0.328 e. The predicted octanol–water partition coefficient (Wildman–Crippen LogP) is 5.24. The summed E-state index contributed by atoms with van der Waals surface area (Å²) in [5, 5.41) is 23.8. The zero-order valence-corrected chi connectivity index (χ0v) is 24.6. The minimum atomic E-state index is -1.21. The number of amides is 2. The number of nitrogens with zero attached hydrogens (tertiary/aromatic N) is 2. The van der Waals surface area contributed by atoms with Gasteiger partial charge in [0.05, 0.1) is 18.0 Å². The number of nitro benzene ring substituents is 1. The lowest BCUT2D eigenvalue weighted by Gasteiger charge is -2.32. The van der Waals surface area contributed by atoms with Crippen LogP contribution in [-0.4, -0.2) is 57.9 Å². The van der Waals surface area contributed by atoms with Crippen molar-refractivity contribution >= 4 is 23.5 Å². The van der Waals surface area contributed by atoms with Crippen LogP contribution in [0.5, 0.6) is 5.75 Å². The van der Waals surface area contributed by atoms with Crippen LogP contribution in [0.1, 0.15) is 76.8 Å². The van der Waals surface area contributed by atoms with Crippen LogP contribution >= 0.6 is 0 Å². The van der Waals surface area contributed by atoms with Crippen molar-refractivity contribution in [1.82, 2.24) is 10.2 Å². The van der Waals surface area contributed by atoms with Gasteiger partial charge >= 0.3 is 11.7 Å². The number of unbranched alkanes of at least 4 members (excludes halogenated alkanes) is 4. The fourth-order valence-electron chi connectivity index (χ4n) is 4.68. The first-order valence-electron chi connectivity index (χ1n) is 14.6. The average Bonchev–Trinajstić information content (AvgIpc) is 2.94. The van der Waals surface area contributed by atoms with Crippen LogP contribution in [-0.2, 0) is 32.0 Å². The second kappa shape index (κ2) is 17.7. The van der Waals surface area contributed by atoms with E-state index in [0.717, 1.165) is 37.8 Å². The Balaban J connectivity index is 2.38. The van der Waals surface area contributed by atoms with Crippen molar-refractivity contribution in [2.24, 2.45) is 0 Å². The summed E-state index contributed by atoms with van der Waals surface area (Å²) in [5.74, 6) is -2.54. The van der Waals surface area contributed by atoms with Crippen molar-refractivity contribution in [2.75, 3.05) is 13.2 Å². The third-order valence-corrected chi connectivity index (χ3v) is 6.88. The van der Waals surface area contributed by atoms with Crippen LogP contribution in [0.4, 0.5) is 10.1 Å². The highest BCUT2D eigenvalue weighted by atomic mass is 19.1. The number of hydrogen-bond acceptors (Lipinski definition) is 7. The minimum Gasteiger partial charge on any atom is -0.508 e. The Labute approximate surface area is 246 Å². The van der Waals surface area contributed by atoms with E-state index < -0.39 is 40.4 Å². The van der Waals surface area contributed by atoms with Gasteiger partial charge in [-0.2, -0.15) is 4.39 Å². The molecule has 0 aliphatic rings. The summed E-state index contributed by atoms with van der Waals surface area (Å²) < 4.78 is 19.1. The molecular weight excluding hydrogens is 545 g/mol. The Morgan fingerprint density at radius 1 is 1.02 bits per heavy atom. The standard InChI is InChI=1S/C31H42FN3O7/c1-4-7-9-10-14-27(34(17-8-5-2)29(37)21-22-12-11-13-24(36)18-22)30(38)33-26(31(39)42-6-3)19-23-15-16-25(32)28(20-23)35(40)41/h11-13,15-16,18,20,26-27,36H,4-10,14,17,19,21H2,1-3H3,(H,33,38). The van der Waals surface area contributed by atoms with E-state index in [1.54, 1.807) is 24.0 Å². The molecule has 0 fully saturated rings. The monoisotopic (exact) mass is 587 g/mol. The van der Waals surface area contributed by atoms with Gasteiger partial charge in [-0.25, -0.2) is 4.79 Å². The van der Waals surface area contributed by atoms with E-state index in [2.05, 4.69) is 12.2 Å². The molecule has 2 N–H and O–H groups in total. The van der Waals surface area contributed by atoms with Crippen molar-refractivity contribution < 1.29 is 33.5 Å². The molecule has 10 nitrogen and oxygen atoms in total. The molecule has 0 saturated carbocycles. The Morgan fingerprint density at radius 3 is 2.40 bits per heavy atom. The third-order valence-electron chi connectivity index (χ3n) is 6.88. The van der Waals surface area contributed by atoms with E-state index in [1.807, 2.05) is 6.92 Å². The van der Waals surface area contributed by atoms with Crippen LogP contribution in [0.3, 0.4) is 0 Å². The van der Waals surface area contributed by atoms with Gasteiger partial charge in [-0.05, 0) is 49.1 Å². The topological polar surface area (TPSA) is 139 Å². The summed E-state index contributed by atoms with van der Waals surface area (Å²) in [6, 6.07) is 7.59. The van der Waals surface area contributed by atoms with Gasteiger partial charge in [0.2, 0.25) is 17.6 Å². The van der Waals surface area contributed by atoms with Crippen molar-refractivity contribution in [1.29, 1.82) is 0 Å². The molecule has 0 aliphatic carbocycles. The zero-order chi connectivity index (χ0) is 31.1. The number of carbonyl (C=O) groups excluding carboxylic acids is 3. The Morgan fingerprint density at radius 2 is 1.76 bits per heavy atom. The van der Waals surface area contributed by atoms with E-state index in [1.165, 1.54) is 18.2 Å². The third kappa shape index (κ3) is 10.8. The second-order valence-electron chi connectivity index (χ2n) is 10.2. The number of phenolic OH excluding ortho intramolecular Hbond substituents is 1. The number of aromatic hydroxyl groups is 1. The number of halogens is 1. The highest BCUT2D eigenvalue weighted by molar-refractivity contribution is 5.91. The van der Waals surface area contributed by atoms with Gasteiger partial charge in [-0.3, -0.25) is 19.7 Å². The van der Waals surface area contributed by atoms with Gasteiger partial charge in [-0.1, -0.05) is 64.2 Å². The number of benzene rings is 2. The SMILES string of the molecule is CCCCCCC(C(=O)NC(Cc1ccc(F)c([N+](=O)[O-])c1)C(=O)OCC)N(CCCC)C(=O)Cc1cccc(O)c1. The van der Waals surface area contributed by atoms with E-state index in [-0.39, 0.29) is 36.7 Å². The van der Waals surface area contributed by atoms with Gasteiger partial charge in [-0.15, -0.1) is 0 Å². The van der Waals surface area contributed by atoms with Crippen LogP contribution in [0.15, 0.2) is 42.5 Å². The maximum atomic E-state index is 13.9. The van der Waals surface area contributed by atoms with Gasteiger partial charge < -0.3 is 20.1 Å². The van der Waals surface area contributed by atoms with Crippen LogP contribution in [0, 0.1) is 15.9 Å². The van der Waals surface area contributed by atoms with Gasteiger partial charge in [0.1, 0.15) is 17.8 Å². The highest BCUT2D eigenvalue weighted by Gasteiger charge is 2.33. The van der Waals surface area contributed by atoms with Gasteiger partial charge in [0.25, 0.3) is 0 Å². The molecule has 0 bridgehead atoms. The Bertz CT molecular complexity index is 1210. The molecule has 230 valence electrons. The number of carbonyl (C=O) groups is 3. The normalized spacial score (nSPS) is 12.3. The molecule has 2 amide bonds. The molecule has 42 heavy (non-hydrogen) atoms. The number of hydrogen-bond donors (Lipinski definition) is 2. The van der Waals surface area contributed by atoms with Gasteiger partial charge in [0.15, 0.2) is 0 Å². The van der Waals surface area contributed by atoms with Crippen molar-refractivity contribution in [2.45, 2.75) is 90.6 Å². The summed E-state index contributed by atoms with van der Waals surface area (Å²) in [5.41, 5.74) is 0.135. The molecule has 2 rings (SSSR count). The fourth-order valence-corrected chi connectivity index (χ4v) is 4.68. The lowest BCUT2D eigenvalue weighted by Crippen LogP contribution is -2.54. The van der Waals surface area contributed by atoms with Crippen molar-refractivity contribution in [3.8, 4) is 5.75 Å².